The van der Waals surface area contributed by atoms with Gasteiger partial charge < -0.3 is 20.3 Å². The highest BCUT2D eigenvalue weighted by Gasteiger charge is 2.12. The minimum Gasteiger partial charge on any atom is -0.504 e. The third-order valence-electron chi connectivity index (χ3n) is 3.02. The van der Waals surface area contributed by atoms with E-state index in [9.17, 15) is 19.8 Å². The van der Waals surface area contributed by atoms with Crippen LogP contribution >= 0.6 is 0 Å². The minimum atomic E-state index is -0.548. The zero-order valence-corrected chi connectivity index (χ0v) is 12.3. The Morgan fingerprint density at radius 1 is 1.09 bits per heavy atom. The Bertz CT molecular complexity index is 767. The topological polar surface area (TPSA) is 95.9 Å². The van der Waals surface area contributed by atoms with Gasteiger partial charge in [0.1, 0.15) is 0 Å². The van der Waals surface area contributed by atoms with Crippen LogP contribution in [0.5, 0.6) is 11.5 Å². The molecule has 0 bridgehead atoms. The second kappa shape index (κ2) is 7.13. The van der Waals surface area contributed by atoms with Crippen LogP contribution in [-0.2, 0) is 9.53 Å². The first-order chi connectivity index (χ1) is 11.0. The van der Waals surface area contributed by atoms with Gasteiger partial charge in [0, 0.05) is 6.08 Å². The van der Waals surface area contributed by atoms with Gasteiger partial charge in [-0.15, -0.1) is 0 Å². The fourth-order valence-corrected chi connectivity index (χ4v) is 1.87. The summed E-state index contributed by atoms with van der Waals surface area (Å²) in [5.41, 5.74) is 1.12. The molecule has 2 aromatic carbocycles. The summed E-state index contributed by atoms with van der Waals surface area (Å²) < 4.78 is 4.65. The number of para-hydroxylation sites is 1. The zero-order valence-electron chi connectivity index (χ0n) is 12.3. The molecule has 118 valence electrons. The minimum absolute atomic E-state index is 0.237. The summed E-state index contributed by atoms with van der Waals surface area (Å²) in [6.07, 6.45) is 2.72. The van der Waals surface area contributed by atoms with Gasteiger partial charge in [0.2, 0.25) is 5.91 Å². The standard InChI is InChI=1S/C17H15NO5/c1-23-17(22)12-4-2-3-5-13(12)18-16(21)9-7-11-6-8-14(19)15(20)10-11/h2-10,19-20H,1H3,(H,18,21)/b9-7+. The van der Waals surface area contributed by atoms with Crippen LogP contribution in [0.1, 0.15) is 15.9 Å². The number of aromatic hydroxyl groups is 2. The van der Waals surface area contributed by atoms with Crippen molar-refractivity contribution in [1.82, 2.24) is 0 Å². The molecule has 3 N–H and O–H groups in total. The summed E-state index contributed by atoms with van der Waals surface area (Å²) in [6, 6.07) is 10.7. The number of phenols is 2. The molecule has 2 rings (SSSR count). The van der Waals surface area contributed by atoms with Crippen LogP contribution in [-0.4, -0.2) is 29.2 Å². The molecule has 0 atom stereocenters. The predicted octanol–water partition coefficient (Wildman–Crippen LogP) is 2.54. The van der Waals surface area contributed by atoms with E-state index >= 15 is 0 Å². The molecule has 0 saturated carbocycles. The lowest BCUT2D eigenvalue weighted by atomic mass is 10.1. The number of amides is 1. The van der Waals surface area contributed by atoms with E-state index < -0.39 is 11.9 Å². The molecule has 0 aliphatic rings. The van der Waals surface area contributed by atoms with Crippen molar-refractivity contribution in [3.05, 3.63) is 59.7 Å². The van der Waals surface area contributed by atoms with Crippen molar-refractivity contribution >= 4 is 23.6 Å². The second-order valence-corrected chi connectivity index (χ2v) is 4.61. The number of rotatable bonds is 4. The number of hydrogen-bond donors (Lipinski definition) is 3. The summed E-state index contributed by atoms with van der Waals surface area (Å²) in [4.78, 5) is 23.6. The van der Waals surface area contributed by atoms with Crippen molar-refractivity contribution in [3.8, 4) is 11.5 Å². The molecule has 23 heavy (non-hydrogen) atoms. The van der Waals surface area contributed by atoms with E-state index in [0.717, 1.165) is 0 Å². The summed E-state index contributed by atoms with van der Waals surface area (Å²) >= 11 is 0. The Balaban J connectivity index is 2.12. The normalized spacial score (nSPS) is 10.5. The van der Waals surface area contributed by atoms with Gasteiger partial charge in [0.05, 0.1) is 18.4 Å². The van der Waals surface area contributed by atoms with Gasteiger partial charge in [-0.1, -0.05) is 18.2 Å². The van der Waals surface area contributed by atoms with E-state index in [-0.39, 0.29) is 17.1 Å². The van der Waals surface area contributed by atoms with Gasteiger partial charge in [-0.05, 0) is 35.9 Å². The second-order valence-electron chi connectivity index (χ2n) is 4.61. The van der Waals surface area contributed by atoms with Crippen LogP contribution in [0, 0.1) is 0 Å². The van der Waals surface area contributed by atoms with Crippen molar-refractivity contribution in [2.75, 3.05) is 12.4 Å². The SMILES string of the molecule is COC(=O)c1ccccc1NC(=O)/C=C/c1ccc(O)c(O)c1. The smallest absolute Gasteiger partial charge is 0.339 e. The summed E-state index contributed by atoms with van der Waals surface area (Å²) in [6.45, 7) is 0. The van der Waals surface area contributed by atoms with E-state index in [1.54, 1.807) is 30.3 Å². The monoisotopic (exact) mass is 313 g/mol. The first-order valence-electron chi connectivity index (χ1n) is 6.69. The summed E-state index contributed by atoms with van der Waals surface area (Å²) in [5.74, 6) is -1.51. The highest BCUT2D eigenvalue weighted by molar-refractivity contribution is 6.06. The van der Waals surface area contributed by atoms with E-state index in [2.05, 4.69) is 10.1 Å². The Kier molecular flexibility index (Phi) is 4.99. The molecule has 0 aliphatic heterocycles. The predicted molar refractivity (Wildman–Crippen MR) is 85.2 cm³/mol. The molecule has 0 saturated heterocycles. The number of carbonyl (C=O) groups excluding carboxylic acids is 2. The number of methoxy groups -OCH3 is 1. The maximum atomic E-state index is 11.9. The lowest BCUT2D eigenvalue weighted by Crippen LogP contribution is -2.12. The number of carbonyl (C=O) groups is 2. The lowest BCUT2D eigenvalue weighted by Gasteiger charge is -2.07. The molecule has 0 fully saturated rings. The average Bonchev–Trinajstić information content (AvgIpc) is 2.55. The highest BCUT2D eigenvalue weighted by Crippen LogP contribution is 2.25. The van der Waals surface area contributed by atoms with E-state index in [0.29, 0.717) is 11.3 Å². The number of esters is 1. The maximum Gasteiger partial charge on any atom is 0.339 e. The van der Waals surface area contributed by atoms with Gasteiger partial charge >= 0.3 is 5.97 Å². The van der Waals surface area contributed by atoms with Gasteiger partial charge in [-0.25, -0.2) is 4.79 Å². The van der Waals surface area contributed by atoms with Crippen LogP contribution in [0.2, 0.25) is 0 Å². The Hall–Kier alpha value is -3.28. The van der Waals surface area contributed by atoms with Crippen molar-refractivity contribution in [1.29, 1.82) is 0 Å². The molecule has 0 heterocycles. The lowest BCUT2D eigenvalue weighted by molar-refractivity contribution is -0.111. The zero-order chi connectivity index (χ0) is 16.8. The molecule has 2 aromatic rings. The number of benzene rings is 2. The fraction of sp³-hybridized carbons (Fsp3) is 0.0588. The van der Waals surface area contributed by atoms with Crippen molar-refractivity contribution in [2.24, 2.45) is 0 Å². The third kappa shape index (κ3) is 4.10. The van der Waals surface area contributed by atoms with E-state index in [1.807, 2.05) is 0 Å². The quantitative estimate of drug-likeness (QED) is 0.458. The number of ether oxygens (including phenoxy) is 1. The van der Waals surface area contributed by atoms with Crippen LogP contribution in [0.25, 0.3) is 6.08 Å². The average molecular weight is 313 g/mol. The fourth-order valence-electron chi connectivity index (χ4n) is 1.87. The molecule has 6 heteroatoms. The van der Waals surface area contributed by atoms with Gasteiger partial charge in [-0.2, -0.15) is 0 Å². The summed E-state index contributed by atoms with van der Waals surface area (Å²) in [5, 5.41) is 21.2. The van der Waals surface area contributed by atoms with E-state index in [4.69, 9.17) is 0 Å². The van der Waals surface area contributed by atoms with Crippen LogP contribution in [0.15, 0.2) is 48.5 Å². The third-order valence-corrected chi connectivity index (χ3v) is 3.02. The van der Waals surface area contributed by atoms with Gasteiger partial charge in [0.15, 0.2) is 11.5 Å². The number of hydrogen-bond acceptors (Lipinski definition) is 5. The first kappa shape index (κ1) is 16.1. The number of anilines is 1. The molecule has 0 aliphatic carbocycles. The highest BCUT2D eigenvalue weighted by atomic mass is 16.5. The van der Waals surface area contributed by atoms with Crippen molar-refractivity contribution < 1.29 is 24.5 Å². The van der Waals surface area contributed by atoms with Crippen LogP contribution in [0.4, 0.5) is 5.69 Å². The van der Waals surface area contributed by atoms with Crippen LogP contribution in [0.3, 0.4) is 0 Å². The van der Waals surface area contributed by atoms with Gasteiger partial charge in [-0.3, -0.25) is 4.79 Å². The van der Waals surface area contributed by atoms with Crippen molar-refractivity contribution in [2.45, 2.75) is 0 Å². The molecule has 0 aromatic heterocycles. The summed E-state index contributed by atoms with van der Waals surface area (Å²) in [7, 11) is 1.26. The van der Waals surface area contributed by atoms with Gasteiger partial charge in [0.25, 0.3) is 0 Å². The largest absolute Gasteiger partial charge is 0.504 e. The van der Waals surface area contributed by atoms with Crippen LogP contribution < -0.4 is 5.32 Å². The molecule has 1 amide bonds. The molecular formula is C17H15NO5. The first-order valence-corrected chi connectivity index (χ1v) is 6.69. The molecule has 0 unspecified atom stereocenters. The number of phenolic OH excluding ortho intramolecular Hbond substituents is 2. The molecule has 6 nitrogen and oxygen atoms in total. The Morgan fingerprint density at radius 2 is 1.83 bits per heavy atom. The number of nitrogens with one attached hydrogen (secondary N) is 1. The Labute approximate surface area is 132 Å². The molecular weight excluding hydrogens is 298 g/mol. The van der Waals surface area contributed by atoms with E-state index in [1.165, 1.54) is 31.4 Å². The molecule has 0 spiro atoms. The Morgan fingerprint density at radius 3 is 2.52 bits per heavy atom. The van der Waals surface area contributed by atoms with Crippen molar-refractivity contribution in [3.63, 3.8) is 0 Å². The molecule has 0 radical (unpaired) electrons. The maximum absolute atomic E-state index is 11.9.